The fourth-order valence-electron chi connectivity index (χ4n) is 2.02. The first kappa shape index (κ1) is 12.1. The van der Waals surface area contributed by atoms with Gasteiger partial charge in [-0.3, -0.25) is 10.2 Å². The number of H-pyrrole nitrogens is 1. The number of hydrogen-bond donors (Lipinski definition) is 3. The molecule has 2 heterocycles. The quantitative estimate of drug-likeness (QED) is 0.552. The fraction of sp³-hybridized carbons (Fsp3) is 0.500. The summed E-state index contributed by atoms with van der Waals surface area (Å²) in [5, 5.41) is 7.49. The van der Waals surface area contributed by atoms with E-state index in [1.807, 2.05) is 4.90 Å². The number of piperidine rings is 1. The molecule has 0 bridgehead atoms. The van der Waals surface area contributed by atoms with Gasteiger partial charge in [-0.2, -0.15) is 0 Å². The topological polar surface area (TPSA) is 98.9 Å². The molecule has 17 heavy (non-hydrogen) atoms. The summed E-state index contributed by atoms with van der Waals surface area (Å²) in [6.45, 7) is 1.48. The Hall–Kier alpha value is -1.37. The van der Waals surface area contributed by atoms with E-state index in [2.05, 4.69) is 25.9 Å². The predicted molar refractivity (Wildman–Crippen MR) is 69.4 cm³/mol. The van der Waals surface area contributed by atoms with Gasteiger partial charge in [0.2, 0.25) is 0 Å². The van der Waals surface area contributed by atoms with Gasteiger partial charge in [0, 0.05) is 19.0 Å². The highest BCUT2D eigenvalue weighted by Gasteiger charge is 2.24. The first-order valence-electron chi connectivity index (χ1n) is 5.41. The molecule has 1 saturated heterocycles. The zero-order chi connectivity index (χ0) is 12.4. The summed E-state index contributed by atoms with van der Waals surface area (Å²) in [6.07, 6.45) is 3.26. The monoisotopic (exact) mass is 299 g/mol. The zero-order valence-electron chi connectivity index (χ0n) is 9.24. The van der Waals surface area contributed by atoms with E-state index in [4.69, 9.17) is 11.1 Å². The van der Waals surface area contributed by atoms with Crippen molar-refractivity contribution in [2.75, 3.05) is 18.0 Å². The Morgan fingerprint density at radius 2 is 2.47 bits per heavy atom. The molecule has 1 aliphatic heterocycles. The van der Waals surface area contributed by atoms with Crippen LogP contribution in [0.1, 0.15) is 12.8 Å². The van der Waals surface area contributed by atoms with E-state index >= 15 is 0 Å². The molecule has 4 N–H and O–H groups in total. The standard InChI is InChI=1S/C10H14BrN5O/c11-7-9(14-5-15-10(7)17)16-3-1-2-6(4-16)8(12)13/h5-6H,1-4H2,(H3,12,13)(H,14,15,17). The number of aromatic amines is 1. The van der Waals surface area contributed by atoms with Crippen LogP contribution < -0.4 is 16.2 Å². The number of aromatic nitrogens is 2. The Morgan fingerprint density at radius 1 is 1.71 bits per heavy atom. The molecule has 1 aromatic heterocycles. The summed E-state index contributed by atoms with van der Waals surface area (Å²) in [5.41, 5.74) is 5.34. The minimum absolute atomic E-state index is 0.0525. The average molecular weight is 300 g/mol. The van der Waals surface area contributed by atoms with E-state index in [1.54, 1.807) is 0 Å². The SMILES string of the molecule is N=C(N)C1CCCN(c2nc[nH]c(=O)c2Br)C1. The van der Waals surface area contributed by atoms with Gasteiger partial charge in [0.1, 0.15) is 10.3 Å². The van der Waals surface area contributed by atoms with Crippen LogP contribution in [0.4, 0.5) is 5.82 Å². The molecule has 0 aromatic carbocycles. The van der Waals surface area contributed by atoms with Crippen molar-refractivity contribution in [3.05, 3.63) is 21.2 Å². The summed E-state index contributed by atoms with van der Waals surface area (Å²) in [5.74, 6) is 0.882. The Balaban J connectivity index is 2.25. The lowest BCUT2D eigenvalue weighted by Gasteiger charge is -2.33. The number of anilines is 1. The van der Waals surface area contributed by atoms with E-state index in [-0.39, 0.29) is 17.3 Å². The number of halogens is 1. The highest BCUT2D eigenvalue weighted by molar-refractivity contribution is 9.10. The molecular weight excluding hydrogens is 286 g/mol. The van der Waals surface area contributed by atoms with E-state index in [1.165, 1.54) is 6.33 Å². The molecule has 0 radical (unpaired) electrons. The van der Waals surface area contributed by atoms with Gasteiger partial charge in [0.15, 0.2) is 0 Å². The van der Waals surface area contributed by atoms with Crippen LogP contribution in [0.2, 0.25) is 0 Å². The van der Waals surface area contributed by atoms with Crippen molar-refractivity contribution in [3.8, 4) is 0 Å². The minimum Gasteiger partial charge on any atom is -0.387 e. The van der Waals surface area contributed by atoms with Gasteiger partial charge in [-0.05, 0) is 28.8 Å². The zero-order valence-corrected chi connectivity index (χ0v) is 10.8. The van der Waals surface area contributed by atoms with Gasteiger partial charge in [-0.1, -0.05) is 0 Å². The van der Waals surface area contributed by atoms with Crippen molar-refractivity contribution in [1.29, 1.82) is 5.41 Å². The van der Waals surface area contributed by atoms with Gasteiger partial charge in [-0.15, -0.1) is 0 Å². The molecule has 1 aromatic rings. The molecule has 1 unspecified atom stereocenters. The maximum atomic E-state index is 11.5. The number of rotatable bonds is 2. The van der Waals surface area contributed by atoms with Crippen LogP contribution in [0.25, 0.3) is 0 Å². The molecule has 0 amide bonds. The molecule has 0 aliphatic carbocycles. The molecule has 6 nitrogen and oxygen atoms in total. The van der Waals surface area contributed by atoms with E-state index in [9.17, 15) is 4.79 Å². The summed E-state index contributed by atoms with van der Waals surface area (Å²) in [7, 11) is 0. The third kappa shape index (κ3) is 2.49. The Morgan fingerprint density at radius 3 is 3.18 bits per heavy atom. The number of amidine groups is 1. The number of nitrogens with zero attached hydrogens (tertiary/aromatic N) is 2. The third-order valence-electron chi connectivity index (χ3n) is 2.94. The highest BCUT2D eigenvalue weighted by Crippen LogP contribution is 2.25. The van der Waals surface area contributed by atoms with Crippen molar-refractivity contribution in [2.45, 2.75) is 12.8 Å². The summed E-state index contributed by atoms with van der Waals surface area (Å²) in [6, 6.07) is 0. The smallest absolute Gasteiger partial charge is 0.267 e. The van der Waals surface area contributed by atoms with Crippen LogP contribution in [0.15, 0.2) is 15.6 Å². The second kappa shape index (κ2) is 4.87. The second-order valence-electron chi connectivity index (χ2n) is 4.11. The maximum absolute atomic E-state index is 11.5. The highest BCUT2D eigenvalue weighted by atomic mass is 79.9. The molecule has 92 valence electrons. The van der Waals surface area contributed by atoms with E-state index in [0.717, 1.165) is 19.4 Å². The average Bonchev–Trinajstić information content (AvgIpc) is 2.33. The molecule has 1 aliphatic rings. The van der Waals surface area contributed by atoms with Crippen LogP contribution in [-0.2, 0) is 0 Å². The van der Waals surface area contributed by atoms with Gasteiger partial charge in [0.25, 0.3) is 5.56 Å². The van der Waals surface area contributed by atoms with Crippen molar-refractivity contribution in [3.63, 3.8) is 0 Å². The summed E-state index contributed by atoms with van der Waals surface area (Å²) in [4.78, 5) is 20.1. The first-order chi connectivity index (χ1) is 8.09. The number of hydrogen-bond acceptors (Lipinski definition) is 4. The molecule has 7 heteroatoms. The number of nitrogens with two attached hydrogens (primary N) is 1. The maximum Gasteiger partial charge on any atom is 0.267 e. The minimum atomic E-state index is -0.194. The van der Waals surface area contributed by atoms with Crippen molar-refractivity contribution < 1.29 is 0 Å². The van der Waals surface area contributed by atoms with E-state index < -0.39 is 0 Å². The fourth-order valence-corrected chi connectivity index (χ4v) is 2.49. The second-order valence-corrected chi connectivity index (χ2v) is 4.90. The molecule has 2 rings (SSSR count). The van der Waals surface area contributed by atoms with Crippen molar-refractivity contribution in [1.82, 2.24) is 9.97 Å². The summed E-state index contributed by atoms with van der Waals surface area (Å²) >= 11 is 3.24. The van der Waals surface area contributed by atoms with Crippen molar-refractivity contribution >= 4 is 27.6 Å². The van der Waals surface area contributed by atoms with Crippen LogP contribution in [0.3, 0.4) is 0 Å². The lowest BCUT2D eigenvalue weighted by Crippen LogP contribution is -2.41. The lowest BCUT2D eigenvalue weighted by molar-refractivity contribution is 0.499. The Bertz CT molecular complexity index is 486. The van der Waals surface area contributed by atoms with Gasteiger partial charge in [0.05, 0.1) is 12.2 Å². The number of nitrogens with one attached hydrogen (secondary N) is 2. The Kier molecular flexibility index (Phi) is 3.46. The van der Waals surface area contributed by atoms with Crippen LogP contribution in [-0.4, -0.2) is 28.9 Å². The van der Waals surface area contributed by atoms with Crippen LogP contribution in [0.5, 0.6) is 0 Å². The molecule has 0 spiro atoms. The molecule has 1 fully saturated rings. The molecular formula is C10H14BrN5O. The van der Waals surface area contributed by atoms with Crippen molar-refractivity contribution in [2.24, 2.45) is 11.7 Å². The molecule has 0 saturated carbocycles. The van der Waals surface area contributed by atoms with Crippen LogP contribution >= 0.6 is 15.9 Å². The molecule has 1 atom stereocenters. The predicted octanol–water partition coefficient (Wildman–Crippen LogP) is 0.685. The van der Waals surface area contributed by atoms with Gasteiger partial charge in [-0.25, -0.2) is 4.98 Å². The van der Waals surface area contributed by atoms with Gasteiger partial charge < -0.3 is 15.6 Å². The van der Waals surface area contributed by atoms with Crippen LogP contribution in [0, 0.1) is 11.3 Å². The van der Waals surface area contributed by atoms with Gasteiger partial charge >= 0.3 is 0 Å². The third-order valence-corrected chi connectivity index (χ3v) is 3.65. The largest absolute Gasteiger partial charge is 0.387 e. The first-order valence-corrected chi connectivity index (χ1v) is 6.21. The van der Waals surface area contributed by atoms with E-state index in [0.29, 0.717) is 16.8 Å². The summed E-state index contributed by atoms with van der Waals surface area (Å²) < 4.78 is 0.434. The normalized spacial score (nSPS) is 20.3. The Labute approximate surface area is 107 Å². The lowest BCUT2D eigenvalue weighted by atomic mass is 9.97.